The van der Waals surface area contributed by atoms with Crippen molar-refractivity contribution in [3.8, 4) is 0 Å². The number of methoxy groups -OCH3 is 1. The van der Waals surface area contributed by atoms with E-state index in [1.165, 1.54) is 31.4 Å². The van der Waals surface area contributed by atoms with Crippen molar-refractivity contribution in [1.29, 1.82) is 0 Å². The zero-order valence-corrected chi connectivity index (χ0v) is 29.2. The van der Waals surface area contributed by atoms with Crippen LogP contribution in [0.4, 0.5) is 19.3 Å². The van der Waals surface area contributed by atoms with Gasteiger partial charge in [-0.05, 0) is 94.2 Å². The summed E-state index contributed by atoms with van der Waals surface area (Å²) in [6.07, 6.45) is 4.38. The van der Waals surface area contributed by atoms with Gasteiger partial charge in [0.1, 0.15) is 28.4 Å². The van der Waals surface area contributed by atoms with Gasteiger partial charge in [0.25, 0.3) is 0 Å². The first-order valence-electron chi connectivity index (χ1n) is 16.6. The average Bonchev–Trinajstić information content (AvgIpc) is 3.06. The van der Waals surface area contributed by atoms with Gasteiger partial charge in [-0.1, -0.05) is 23.7 Å². The number of hydrogen-bond acceptors (Lipinski definition) is 8. The van der Waals surface area contributed by atoms with Crippen molar-refractivity contribution in [2.45, 2.75) is 75.4 Å². The van der Waals surface area contributed by atoms with Crippen LogP contribution in [0.1, 0.15) is 62.0 Å². The highest BCUT2D eigenvalue weighted by atomic mass is 35.5. The maximum atomic E-state index is 15.3. The largest absolute Gasteiger partial charge is 0.453 e. The molecule has 4 atom stereocenters. The number of rotatable bonds is 15. The molecule has 48 heavy (non-hydrogen) atoms. The van der Waals surface area contributed by atoms with Crippen molar-refractivity contribution in [1.82, 2.24) is 15.5 Å². The van der Waals surface area contributed by atoms with Gasteiger partial charge in [0.15, 0.2) is 0 Å². The van der Waals surface area contributed by atoms with E-state index in [9.17, 15) is 22.4 Å². The summed E-state index contributed by atoms with van der Waals surface area (Å²) in [6, 6.07) is 7.97. The summed E-state index contributed by atoms with van der Waals surface area (Å²) in [5.41, 5.74) is 1.12. The van der Waals surface area contributed by atoms with E-state index in [1.54, 1.807) is 12.1 Å². The molecule has 2 saturated heterocycles. The van der Waals surface area contributed by atoms with E-state index in [4.69, 9.17) is 21.1 Å². The second-order valence-corrected chi connectivity index (χ2v) is 14.2. The van der Waals surface area contributed by atoms with Crippen LogP contribution in [0.3, 0.4) is 0 Å². The molecule has 2 aliphatic rings. The van der Waals surface area contributed by atoms with E-state index in [-0.39, 0.29) is 28.5 Å². The molecule has 2 unspecified atom stereocenters. The van der Waals surface area contributed by atoms with Crippen LogP contribution in [0.25, 0.3) is 0 Å². The molecule has 0 radical (unpaired) electrons. The van der Waals surface area contributed by atoms with Crippen molar-refractivity contribution in [2.24, 2.45) is 5.92 Å². The second kappa shape index (κ2) is 18.8. The van der Waals surface area contributed by atoms with Crippen molar-refractivity contribution in [2.75, 3.05) is 51.5 Å². The van der Waals surface area contributed by atoms with Gasteiger partial charge in [-0.25, -0.2) is 22.0 Å². The van der Waals surface area contributed by atoms with E-state index >= 15 is 4.39 Å². The molecule has 3 N–H and O–H groups in total. The molecule has 10 nitrogen and oxygen atoms in total. The Hall–Kier alpha value is -2.84. The maximum Gasteiger partial charge on any atom is 0.407 e. The second-order valence-electron chi connectivity index (χ2n) is 12.7. The summed E-state index contributed by atoms with van der Waals surface area (Å²) in [5, 5.41) is 8.97. The van der Waals surface area contributed by atoms with E-state index in [0.717, 1.165) is 25.7 Å². The number of ether oxygens (including phenoxy) is 2. The van der Waals surface area contributed by atoms with Gasteiger partial charge in [0.05, 0.1) is 12.1 Å². The number of nitrogens with one attached hydrogen (secondary N) is 3. The lowest BCUT2D eigenvalue weighted by Crippen LogP contribution is -2.55. The number of amides is 2. The SMILES string of the molecule is COC(=O)N[C@H](C(=O)Nc1cccc(F)c1CCC1CN(C)C(CCC[SH](=O)=O)CN1)[C@H](CCC1CCOCC1)c1ccc(Cl)c(F)c1. The fourth-order valence-electron chi connectivity index (χ4n) is 6.70. The van der Waals surface area contributed by atoms with Crippen molar-refractivity contribution in [3.05, 3.63) is 64.2 Å². The highest BCUT2D eigenvalue weighted by Gasteiger charge is 2.34. The third-order valence-corrected chi connectivity index (χ3v) is 10.5. The smallest absolute Gasteiger partial charge is 0.407 e. The average molecular weight is 713 g/mol. The molecule has 0 bridgehead atoms. The van der Waals surface area contributed by atoms with Crippen LogP contribution in [0, 0.1) is 17.6 Å². The number of halogens is 3. The molecule has 0 aromatic heterocycles. The van der Waals surface area contributed by atoms with Gasteiger partial charge < -0.3 is 30.3 Å². The first-order chi connectivity index (χ1) is 23.0. The standard InChI is InChI=1S/C34H47ClF2N4O6S/c1-41-21-24(38-20-25(41)5-4-18-48(44)45)10-12-27-29(36)6-3-7-31(27)39-33(42)32(40-34(43)46-2)26(11-8-22-14-16-47-17-15-22)23-9-13-28(35)30(37)19-23/h3,6-7,9,13,19,22,24-26,32,38,48H,4-5,8,10-12,14-18,20-21H2,1-2H3,(H,39,42)(H,40,43)/t24?,25?,26-,32+/m1/s1. The Morgan fingerprint density at radius 1 is 1.12 bits per heavy atom. The van der Waals surface area contributed by atoms with Gasteiger partial charge >= 0.3 is 6.09 Å². The summed E-state index contributed by atoms with van der Waals surface area (Å²) >= 11 is 5.98. The Morgan fingerprint density at radius 3 is 2.58 bits per heavy atom. The molecular weight excluding hydrogens is 666 g/mol. The van der Waals surface area contributed by atoms with Crippen molar-refractivity contribution in [3.63, 3.8) is 0 Å². The zero-order valence-electron chi connectivity index (χ0n) is 27.5. The van der Waals surface area contributed by atoms with Gasteiger partial charge in [0, 0.05) is 61.3 Å². The fraction of sp³-hybridized carbons (Fsp3) is 0.588. The minimum Gasteiger partial charge on any atom is -0.453 e. The van der Waals surface area contributed by atoms with E-state index in [1.807, 2.05) is 7.05 Å². The number of carbonyl (C=O) groups is 2. The maximum absolute atomic E-state index is 15.3. The van der Waals surface area contributed by atoms with E-state index in [2.05, 4.69) is 20.9 Å². The molecule has 2 fully saturated rings. The zero-order chi connectivity index (χ0) is 34.6. The Kier molecular flexibility index (Phi) is 14.9. The van der Waals surface area contributed by atoms with E-state index in [0.29, 0.717) is 69.0 Å². The Balaban J connectivity index is 1.50. The summed E-state index contributed by atoms with van der Waals surface area (Å²) < 4.78 is 62.2. The van der Waals surface area contributed by atoms with Gasteiger partial charge in [-0.2, -0.15) is 0 Å². The Bertz CT molecular complexity index is 1450. The molecule has 2 aliphatic heterocycles. The molecule has 266 valence electrons. The van der Waals surface area contributed by atoms with Crippen LogP contribution in [0.15, 0.2) is 36.4 Å². The number of anilines is 1. The number of likely N-dealkylation sites (N-methyl/N-ethyl adjacent to an activating group) is 1. The lowest BCUT2D eigenvalue weighted by atomic mass is 9.82. The molecule has 4 rings (SSSR count). The number of nitrogens with zero attached hydrogens (tertiary/aromatic N) is 1. The number of thiol groups is 1. The number of benzene rings is 2. The minimum atomic E-state index is -2.38. The fourth-order valence-corrected chi connectivity index (χ4v) is 7.26. The number of carbonyl (C=O) groups excluding carboxylic acids is 2. The van der Waals surface area contributed by atoms with Crippen LogP contribution in [-0.4, -0.2) is 89.7 Å². The quantitative estimate of drug-likeness (QED) is 0.193. The summed E-state index contributed by atoms with van der Waals surface area (Å²) in [4.78, 5) is 28.8. The number of alkyl carbamates (subject to hydrolysis) is 1. The monoisotopic (exact) mass is 712 g/mol. The Morgan fingerprint density at radius 2 is 1.90 bits per heavy atom. The van der Waals surface area contributed by atoms with Crippen LogP contribution in [0.2, 0.25) is 5.02 Å². The number of piperazine rings is 1. The van der Waals surface area contributed by atoms with Crippen LogP contribution in [-0.2, 0) is 31.4 Å². The van der Waals surface area contributed by atoms with Crippen LogP contribution >= 0.6 is 11.6 Å². The van der Waals surface area contributed by atoms with Crippen molar-refractivity contribution >= 4 is 40.0 Å². The lowest BCUT2D eigenvalue weighted by Gasteiger charge is -2.38. The lowest BCUT2D eigenvalue weighted by molar-refractivity contribution is -0.118. The van der Waals surface area contributed by atoms with Crippen molar-refractivity contribution < 1.29 is 36.3 Å². The van der Waals surface area contributed by atoms with Gasteiger partial charge in [-0.3, -0.25) is 4.79 Å². The topological polar surface area (TPSA) is 126 Å². The molecule has 0 saturated carbocycles. The third kappa shape index (κ3) is 11.1. The van der Waals surface area contributed by atoms with Crippen LogP contribution < -0.4 is 16.0 Å². The predicted octanol–water partition coefficient (Wildman–Crippen LogP) is 4.87. The molecule has 2 aromatic carbocycles. The van der Waals surface area contributed by atoms with Crippen LogP contribution in [0.5, 0.6) is 0 Å². The van der Waals surface area contributed by atoms with Gasteiger partial charge in [0.2, 0.25) is 5.91 Å². The molecule has 0 aliphatic carbocycles. The first kappa shape index (κ1) is 38.0. The number of hydrogen-bond donors (Lipinski definition) is 4. The Labute approximate surface area is 288 Å². The molecular formula is C34H47ClF2N4O6S. The highest BCUT2D eigenvalue weighted by molar-refractivity contribution is 7.72. The minimum absolute atomic E-state index is 0.0558. The molecule has 0 spiro atoms. The third-order valence-electron chi connectivity index (χ3n) is 9.51. The van der Waals surface area contributed by atoms with Gasteiger partial charge in [-0.15, -0.1) is 0 Å². The summed E-state index contributed by atoms with van der Waals surface area (Å²) in [5.74, 6) is -1.80. The molecule has 2 amide bonds. The molecule has 2 aromatic rings. The first-order valence-corrected chi connectivity index (χ1v) is 18.3. The van der Waals surface area contributed by atoms with E-state index < -0.39 is 46.3 Å². The normalized spacial score (nSPS) is 20.3. The molecule has 2 heterocycles. The highest BCUT2D eigenvalue weighted by Crippen LogP contribution is 2.33. The molecule has 14 heteroatoms. The summed E-state index contributed by atoms with van der Waals surface area (Å²) in [7, 11) is 0.817. The predicted molar refractivity (Wildman–Crippen MR) is 182 cm³/mol. The summed E-state index contributed by atoms with van der Waals surface area (Å²) in [6.45, 7) is 2.70.